The van der Waals surface area contributed by atoms with Gasteiger partial charge in [0.15, 0.2) is 5.78 Å². The number of rotatable bonds is 2. The first-order valence-electron chi connectivity index (χ1n) is 7.53. The minimum atomic E-state index is -0.787. The number of ketones is 1. The van der Waals surface area contributed by atoms with E-state index in [1.54, 1.807) is 18.2 Å². The number of benzene rings is 1. The number of amides is 1. The summed E-state index contributed by atoms with van der Waals surface area (Å²) in [4.78, 5) is 25.4. The Morgan fingerprint density at radius 1 is 1.26 bits per heavy atom. The molecular formula is C17H18BrCl2NO2. The van der Waals surface area contributed by atoms with E-state index in [0.717, 1.165) is 6.42 Å². The molecule has 3 nitrogen and oxygen atoms in total. The third kappa shape index (κ3) is 1.95. The highest BCUT2D eigenvalue weighted by Crippen LogP contribution is 2.72. The van der Waals surface area contributed by atoms with Gasteiger partial charge in [0, 0.05) is 5.41 Å². The van der Waals surface area contributed by atoms with Gasteiger partial charge in [-0.05, 0) is 30.4 Å². The number of hydrogen-bond acceptors (Lipinski definition) is 2. The van der Waals surface area contributed by atoms with Gasteiger partial charge in [0.25, 0.3) is 0 Å². The van der Waals surface area contributed by atoms with Crippen molar-refractivity contribution < 1.29 is 9.59 Å². The van der Waals surface area contributed by atoms with Gasteiger partial charge in [-0.1, -0.05) is 66.0 Å². The molecule has 23 heavy (non-hydrogen) atoms. The van der Waals surface area contributed by atoms with Gasteiger partial charge < -0.3 is 5.32 Å². The second-order valence-corrected chi connectivity index (χ2v) is 8.91. The van der Waals surface area contributed by atoms with Gasteiger partial charge in [-0.3, -0.25) is 9.59 Å². The number of nitrogens with one attached hydrogen (secondary N) is 1. The lowest BCUT2D eigenvalue weighted by Gasteiger charge is -2.39. The first kappa shape index (κ1) is 17.2. The van der Waals surface area contributed by atoms with Crippen molar-refractivity contribution in [1.82, 2.24) is 0 Å². The number of carbonyl (C=O) groups is 2. The molecule has 2 bridgehead atoms. The van der Waals surface area contributed by atoms with Crippen LogP contribution >= 0.6 is 39.1 Å². The monoisotopic (exact) mass is 417 g/mol. The van der Waals surface area contributed by atoms with Crippen molar-refractivity contribution >= 4 is 56.5 Å². The van der Waals surface area contributed by atoms with E-state index in [1.165, 1.54) is 0 Å². The molecule has 1 aromatic carbocycles. The molecule has 2 aliphatic carbocycles. The third-order valence-electron chi connectivity index (χ3n) is 6.33. The van der Waals surface area contributed by atoms with Crippen molar-refractivity contribution in [2.75, 3.05) is 5.32 Å². The fourth-order valence-electron chi connectivity index (χ4n) is 4.29. The maximum absolute atomic E-state index is 13.2. The summed E-state index contributed by atoms with van der Waals surface area (Å²) in [6.07, 6.45) is 1.39. The van der Waals surface area contributed by atoms with Crippen molar-refractivity contribution in [1.29, 1.82) is 0 Å². The Morgan fingerprint density at radius 2 is 1.91 bits per heavy atom. The molecule has 124 valence electrons. The van der Waals surface area contributed by atoms with Crippen LogP contribution in [0.15, 0.2) is 18.2 Å². The summed E-state index contributed by atoms with van der Waals surface area (Å²) in [5.74, 6) is -0.0655. The van der Waals surface area contributed by atoms with Crippen molar-refractivity contribution in [3.63, 3.8) is 0 Å². The molecule has 0 saturated heterocycles. The maximum Gasteiger partial charge on any atom is 0.232 e. The largest absolute Gasteiger partial charge is 0.324 e. The fraction of sp³-hybridized carbons (Fsp3) is 0.529. The molecule has 2 aliphatic rings. The average Bonchev–Trinajstić information content (AvgIpc) is 2.76. The van der Waals surface area contributed by atoms with E-state index in [0.29, 0.717) is 22.2 Å². The summed E-state index contributed by atoms with van der Waals surface area (Å²) in [6.45, 7) is 5.99. The lowest BCUT2D eigenvalue weighted by atomic mass is 9.64. The van der Waals surface area contributed by atoms with Crippen molar-refractivity contribution in [2.45, 2.75) is 38.4 Å². The van der Waals surface area contributed by atoms with Gasteiger partial charge in [0.2, 0.25) is 5.91 Å². The van der Waals surface area contributed by atoms with E-state index in [9.17, 15) is 9.59 Å². The van der Waals surface area contributed by atoms with Crippen LogP contribution in [0.25, 0.3) is 0 Å². The summed E-state index contributed by atoms with van der Waals surface area (Å²) >= 11 is 15.7. The Balaban J connectivity index is 2.02. The summed E-state index contributed by atoms with van der Waals surface area (Å²) in [7, 11) is 0. The average molecular weight is 419 g/mol. The van der Waals surface area contributed by atoms with Crippen LogP contribution in [0, 0.1) is 16.2 Å². The summed E-state index contributed by atoms with van der Waals surface area (Å²) in [6, 6.07) is 5.11. The molecule has 6 heteroatoms. The molecule has 2 fully saturated rings. The molecule has 3 atom stereocenters. The first-order chi connectivity index (χ1) is 10.6. The second-order valence-electron chi connectivity index (χ2n) is 7.21. The second kappa shape index (κ2) is 5.21. The molecule has 0 heterocycles. The van der Waals surface area contributed by atoms with E-state index >= 15 is 0 Å². The molecule has 0 spiro atoms. The number of anilines is 1. The zero-order valence-corrected chi connectivity index (χ0v) is 16.3. The molecule has 0 unspecified atom stereocenters. The van der Waals surface area contributed by atoms with Crippen LogP contribution in [0.1, 0.15) is 33.6 Å². The van der Waals surface area contributed by atoms with E-state index < -0.39 is 21.1 Å². The van der Waals surface area contributed by atoms with Crippen LogP contribution in [-0.4, -0.2) is 16.5 Å². The summed E-state index contributed by atoms with van der Waals surface area (Å²) < 4.78 is 0. The van der Waals surface area contributed by atoms with Gasteiger partial charge in [-0.15, -0.1) is 0 Å². The topological polar surface area (TPSA) is 46.2 Å². The lowest BCUT2D eigenvalue weighted by Crippen LogP contribution is -2.48. The number of fused-ring (bicyclic) bond motifs is 2. The Hall–Kier alpha value is -0.580. The Kier molecular flexibility index (Phi) is 3.90. The molecule has 0 radical (unpaired) electrons. The van der Waals surface area contributed by atoms with E-state index in [1.807, 2.05) is 20.8 Å². The number of Topliss-reactive ketones (excluding diaryl/α,β-unsaturated/α-hetero) is 1. The van der Waals surface area contributed by atoms with E-state index in [-0.39, 0.29) is 11.7 Å². The summed E-state index contributed by atoms with van der Waals surface area (Å²) in [5, 5.41) is 3.60. The SMILES string of the molecule is CC1(C)[C@@]2(C)CC[C@@]1(C(=O)Nc1cccc(Cl)c1Cl)[C@H](Br)C2=O. The highest BCUT2D eigenvalue weighted by Gasteiger charge is 2.76. The Bertz CT molecular complexity index is 721. The molecule has 3 rings (SSSR count). The van der Waals surface area contributed by atoms with Gasteiger partial charge in [0.05, 0.1) is 26.0 Å². The Labute approximate surface area is 154 Å². The quantitative estimate of drug-likeness (QED) is 0.679. The molecule has 1 N–H and O–H groups in total. The summed E-state index contributed by atoms with van der Waals surface area (Å²) in [5.41, 5.74) is -1.25. The molecule has 0 aromatic heterocycles. The van der Waals surface area contributed by atoms with Crippen LogP contribution in [0.2, 0.25) is 10.0 Å². The zero-order chi connectivity index (χ0) is 17.2. The molecule has 2 saturated carbocycles. The predicted molar refractivity (Wildman–Crippen MR) is 96.4 cm³/mol. The zero-order valence-electron chi connectivity index (χ0n) is 13.2. The Morgan fingerprint density at radius 3 is 2.48 bits per heavy atom. The molecule has 0 aliphatic heterocycles. The minimum Gasteiger partial charge on any atom is -0.324 e. The van der Waals surface area contributed by atoms with Crippen molar-refractivity contribution in [3.05, 3.63) is 28.2 Å². The van der Waals surface area contributed by atoms with E-state index in [4.69, 9.17) is 23.2 Å². The van der Waals surface area contributed by atoms with E-state index in [2.05, 4.69) is 21.2 Å². The number of hydrogen-bond donors (Lipinski definition) is 1. The van der Waals surface area contributed by atoms with Crippen LogP contribution in [0.4, 0.5) is 5.69 Å². The fourth-order valence-corrected chi connectivity index (χ4v) is 6.15. The van der Waals surface area contributed by atoms with Gasteiger partial charge in [-0.25, -0.2) is 0 Å². The number of carbonyl (C=O) groups excluding carboxylic acids is 2. The highest BCUT2D eigenvalue weighted by molar-refractivity contribution is 9.10. The number of halogens is 3. The smallest absolute Gasteiger partial charge is 0.232 e. The predicted octanol–water partition coefficient (Wildman–Crippen LogP) is 5.09. The van der Waals surface area contributed by atoms with Crippen molar-refractivity contribution in [2.24, 2.45) is 16.2 Å². The van der Waals surface area contributed by atoms with Crippen LogP contribution in [-0.2, 0) is 9.59 Å². The maximum atomic E-state index is 13.2. The molecule has 1 aromatic rings. The van der Waals surface area contributed by atoms with Gasteiger partial charge >= 0.3 is 0 Å². The van der Waals surface area contributed by atoms with Crippen molar-refractivity contribution in [3.8, 4) is 0 Å². The molecule has 1 amide bonds. The third-order valence-corrected chi connectivity index (χ3v) is 8.34. The van der Waals surface area contributed by atoms with Crippen LogP contribution < -0.4 is 5.32 Å². The van der Waals surface area contributed by atoms with Crippen LogP contribution in [0.5, 0.6) is 0 Å². The normalized spacial score (nSPS) is 34.7. The highest BCUT2D eigenvalue weighted by atomic mass is 79.9. The first-order valence-corrected chi connectivity index (χ1v) is 9.20. The standard InChI is InChI=1S/C17H18BrCl2NO2/c1-15(2)16(3)7-8-17(15,12(18)13(16)22)14(23)21-10-6-4-5-9(19)11(10)20/h4-6,12H,7-8H2,1-3H3,(H,21,23)/t12-,16+,17+/m1/s1. The molecular weight excluding hydrogens is 401 g/mol. The van der Waals surface area contributed by atoms with Gasteiger partial charge in [0.1, 0.15) is 0 Å². The lowest BCUT2D eigenvalue weighted by molar-refractivity contribution is -0.130. The number of alkyl halides is 1. The van der Waals surface area contributed by atoms with Gasteiger partial charge in [-0.2, -0.15) is 0 Å². The van der Waals surface area contributed by atoms with Crippen LogP contribution in [0.3, 0.4) is 0 Å². The minimum absolute atomic E-state index is 0.112.